The molecule has 0 bridgehead atoms. The Hall–Kier alpha value is -3.20. The topological polar surface area (TPSA) is 27.7 Å². The van der Waals surface area contributed by atoms with Crippen molar-refractivity contribution in [2.24, 2.45) is 11.8 Å². The Balaban J connectivity index is 1.78. The van der Waals surface area contributed by atoms with Crippen LogP contribution in [0.1, 0.15) is 79.1 Å². The van der Waals surface area contributed by atoms with Crippen molar-refractivity contribution in [3.63, 3.8) is 0 Å². The fraction of sp³-hybridized carbons (Fsp3) is 0.444. The summed E-state index contributed by atoms with van der Waals surface area (Å²) in [6, 6.07) is 24.8. The predicted molar refractivity (Wildman–Crippen MR) is 166 cm³/mol. The number of hydrogen-bond donors (Lipinski definition) is 0. The summed E-state index contributed by atoms with van der Waals surface area (Å²) >= 11 is 0. The maximum absolute atomic E-state index is 6.73. The van der Waals surface area contributed by atoms with Crippen molar-refractivity contribution in [1.29, 1.82) is 0 Å². The van der Waals surface area contributed by atoms with Crippen LogP contribution in [0, 0.1) is 11.8 Å². The first-order valence-electron chi connectivity index (χ1n) is 15.1. The van der Waals surface area contributed by atoms with E-state index in [2.05, 4.69) is 64.1 Å². The molecule has 0 aliphatic carbocycles. The van der Waals surface area contributed by atoms with Gasteiger partial charge in [-0.1, -0.05) is 109 Å². The largest absolute Gasteiger partial charge is 0.492 e. The van der Waals surface area contributed by atoms with Crippen LogP contribution >= 0.6 is 0 Å². The number of rotatable bonds is 16. The average Bonchev–Trinajstić information content (AvgIpc) is 2.98. The molecule has 0 aromatic heterocycles. The van der Waals surface area contributed by atoms with E-state index in [1.807, 2.05) is 36.4 Å². The summed E-state index contributed by atoms with van der Waals surface area (Å²) in [5.41, 5.74) is 0. The maximum Gasteiger partial charge on any atom is 0.135 e. The van der Waals surface area contributed by atoms with E-state index in [1.165, 1.54) is 38.5 Å². The average molecular weight is 527 g/mol. The molecule has 0 radical (unpaired) electrons. The molecule has 4 rings (SSSR count). The molecule has 39 heavy (non-hydrogen) atoms. The smallest absolute Gasteiger partial charge is 0.135 e. The summed E-state index contributed by atoms with van der Waals surface area (Å²) in [7, 11) is 0. The Bertz CT molecular complexity index is 1300. The second kappa shape index (κ2) is 14.8. The first-order valence-corrected chi connectivity index (χ1v) is 15.1. The molecule has 208 valence electrons. The van der Waals surface area contributed by atoms with E-state index in [0.29, 0.717) is 18.4 Å². The lowest BCUT2D eigenvalue weighted by Crippen LogP contribution is -2.13. The second-order valence-electron chi connectivity index (χ2n) is 10.8. The quantitative estimate of drug-likeness (QED) is 0.136. The Morgan fingerprint density at radius 2 is 1.05 bits per heavy atom. The summed E-state index contributed by atoms with van der Waals surface area (Å²) in [4.78, 5) is 0. The Morgan fingerprint density at radius 1 is 0.538 bits per heavy atom. The van der Waals surface area contributed by atoms with Gasteiger partial charge in [-0.3, -0.25) is 0 Å². The van der Waals surface area contributed by atoms with Gasteiger partial charge in [-0.05, 0) is 55.0 Å². The Kier molecular flexibility index (Phi) is 10.9. The summed E-state index contributed by atoms with van der Waals surface area (Å²) in [6.45, 7) is 10.5. The van der Waals surface area contributed by atoms with Crippen LogP contribution in [0.2, 0.25) is 0 Å². The van der Waals surface area contributed by atoms with Crippen molar-refractivity contribution in [2.75, 3.05) is 13.2 Å². The molecular weight excluding hydrogens is 480 g/mol. The molecular formula is C36H46O3. The van der Waals surface area contributed by atoms with Crippen molar-refractivity contribution in [1.82, 2.24) is 0 Å². The predicted octanol–water partition coefficient (Wildman–Crippen LogP) is 11.0. The van der Waals surface area contributed by atoms with Gasteiger partial charge < -0.3 is 14.2 Å². The number of unbranched alkanes of at least 4 members (excludes halogenated alkanes) is 2. The highest BCUT2D eigenvalue weighted by Gasteiger charge is 2.19. The molecule has 0 saturated heterocycles. The van der Waals surface area contributed by atoms with E-state index < -0.39 is 0 Å². The molecule has 3 heteroatoms. The van der Waals surface area contributed by atoms with Crippen LogP contribution in [0.3, 0.4) is 0 Å². The number of hydrogen-bond acceptors (Lipinski definition) is 3. The molecule has 0 fully saturated rings. The highest BCUT2D eigenvalue weighted by Crippen LogP contribution is 2.45. The van der Waals surface area contributed by atoms with Crippen LogP contribution in [-0.2, 0) is 0 Å². The van der Waals surface area contributed by atoms with E-state index >= 15 is 0 Å². The summed E-state index contributed by atoms with van der Waals surface area (Å²) in [5, 5.41) is 4.34. The van der Waals surface area contributed by atoms with Crippen molar-refractivity contribution >= 4 is 21.5 Å². The molecule has 0 saturated carbocycles. The lowest BCUT2D eigenvalue weighted by Gasteiger charge is -2.22. The lowest BCUT2D eigenvalue weighted by molar-refractivity contribution is 0.234. The van der Waals surface area contributed by atoms with Crippen LogP contribution < -0.4 is 14.2 Å². The number of para-hydroxylation sites is 1. The van der Waals surface area contributed by atoms with Gasteiger partial charge in [0.15, 0.2) is 0 Å². The van der Waals surface area contributed by atoms with Crippen LogP contribution in [0.5, 0.6) is 23.0 Å². The molecule has 2 unspecified atom stereocenters. The number of fused-ring (bicyclic) bond motifs is 2. The molecule has 2 atom stereocenters. The van der Waals surface area contributed by atoms with E-state index in [4.69, 9.17) is 14.2 Å². The number of ether oxygens (including phenoxy) is 3. The van der Waals surface area contributed by atoms with Crippen molar-refractivity contribution in [2.45, 2.75) is 79.1 Å². The van der Waals surface area contributed by atoms with Gasteiger partial charge in [-0.25, -0.2) is 0 Å². The van der Waals surface area contributed by atoms with E-state index in [-0.39, 0.29) is 0 Å². The monoisotopic (exact) mass is 526 g/mol. The lowest BCUT2D eigenvalue weighted by atomic mass is 9.98. The van der Waals surface area contributed by atoms with Crippen molar-refractivity contribution in [3.05, 3.63) is 72.8 Å². The van der Waals surface area contributed by atoms with Gasteiger partial charge >= 0.3 is 0 Å². The van der Waals surface area contributed by atoms with Gasteiger partial charge in [0.2, 0.25) is 0 Å². The molecule has 3 nitrogen and oxygen atoms in total. The van der Waals surface area contributed by atoms with Gasteiger partial charge in [0.1, 0.15) is 23.0 Å². The highest BCUT2D eigenvalue weighted by atomic mass is 16.5. The zero-order valence-corrected chi connectivity index (χ0v) is 24.4. The van der Waals surface area contributed by atoms with Gasteiger partial charge in [0.25, 0.3) is 0 Å². The molecule has 0 heterocycles. The maximum atomic E-state index is 6.73. The van der Waals surface area contributed by atoms with E-state index in [9.17, 15) is 0 Å². The summed E-state index contributed by atoms with van der Waals surface area (Å²) in [6.07, 6.45) is 9.56. The van der Waals surface area contributed by atoms with Gasteiger partial charge in [-0.15, -0.1) is 0 Å². The molecule has 4 aromatic rings. The zero-order valence-electron chi connectivity index (χ0n) is 24.4. The molecule has 0 aliphatic heterocycles. The van der Waals surface area contributed by atoms with E-state index in [1.54, 1.807) is 0 Å². The van der Waals surface area contributed by atoms with Crippen LogP contribution in [0.25, 0.3) is 21.5 Å². The minimum Gasteiger partial charge on any atom is -0.492 e. The molecule has 0 N–H and O–H groups in total. The highest BCUT2D eigenvalue weighted by molar-refractivity contribution is 6.11. The van der Waals surface area contributed by atoms with Gasteiger partial charge in [-0.2, -0.15) is 0 Å². The van der Waals surface area contributed by atoms with Crippen molar-refractivity contribution in [3.8, 4) is 23.0 Å². The van der Waals surface area contributed by atoms with Gasteiger partial charge in [0.05, 0.1) is 13.2 Å². The molecule has 0 spiro atoms. The Morgan fingerprint density at radius 3 is 1.59 bits per heavy atom. The fourth-order valence-electron chi connectivity index (χ4n) is 5.28. The third-order valence-corrected chi connectivity index (χ3v) is 7.89. The third-order valence-electron chi connectivity index (χ3n) is 7.89. The van der Waals surface area contributed by atoms with Crippen LogP contribution in [0.4, 0.5) is 0 Å². The first kappa shape index (κ1) is 28.8. The number of benzene rings is 4. The summed E-state index contributed by atoms with van der Waals surface area (Å²) < 4.78 is 19.7. The minimum absolute atomic E-state index is 0.544. The van der Waals surface area contributed by atoms with E-state index in [0.717, 1.165) is 64.0 Å². The van der Waals surface area contributed by atoms with Crippen molar-refractivity contribution < 1.29 is 14.2 Å². The van der Waals surface area contributed by atoms with Crippen LogP contribution in [-0.4, -0.2) is 13.2 Å². The van der Waals surface area contributed by atoms with Gasteiger partial charge in [0, 0.05) is 21.5 Å². The molecule has 4 aromatic carbocycles. The second-order valence-corrected chi connectivity index (χ2v) is 10.8. The normalized spacial score (nSPS) is 12.9. The molecule has 0 aliphatic rings. The van der Waals surface area contributed by atoms with Crippen LogP contribution in [0.15, 0.2) is 72.8 Å². The fourth-order valence-corrected chi connectivity index (χ4v) is 5.28. The summed E-state index contributed by atoms with van der Waals surface area (Å²) in [5.74, 6) is 4.60. The zero-order chi connectivity index (χ0) is 27.5. The third kappa shape index (κ3) is 7.47. The first-order chi connectivity index (χ1) is 19.2. The molecule has 0 amide bonds. The minimum atomic E-state index is 0.544. The standard InChI is InChI=1S/C36H46O3/c1-5-9-16-27(7-3)25-37-35-31-20-14-15-21-32(31)36(38-26-28(8-4)17-10-6-2)34-24-30(22-23-33(34)35)39-29-18-12-11-13-19-29/h11-15,18-24,27-28H,5-10,16-17,25-26H2,1-4H3. The SMILES string of the molecule is CCCCC(CC)COc1c2ccccc2c(OCC(CC)CCCC)c2cc(Oc3ccccc3)ccc12. The Labute approximate surface area is 235 Å².